The molecular formula is C9H21N3O. The summed E-state index contributed by atoms with van der Waals surface area (Å²) in [4.78, 5) is 2.30. The molecule has 4 nitrogen and oxygen atoms in total. The maximum Gasteiger partial charge on any atom is 0.0597 e. The van der Waals surface area contributed by atoms with Crippen molar-refractivity contribution >= 4 is 0 Å². The fourth-order valence-corrected chi connectivity index (χ4v) is 1.88. The molecule has 0 aromatic rings. The molecule has 1 aliphatic heterocycles. The Labute approximate surface area is 79.9 Å². The Morgan fingerprint density at radius 2 is 1.92 bits per heavy atom. The Balaban J connectivity index is 2.35. The molecule has 78 valence electrons. The normalized spacial score (nSPS) is 25.8. The van der Waals surface area contributed by atoms with Gasteiger partial charge in [0.05, 0.1) is 6.61 Å². The van der Waals surface area contributed by atoms with Crippen LogP contribution in [0.1, 0.15) is 12.8 Å². The standard InChI is InChI=1S/C9H21N3O/c1-12-4-2-7(3-5-12)9(11)8(10)6-13/h7-9,13H,2-6,10-11H2,1H3. The zero-order valence-corrected chi connectivity index (χ0v) is 8.32. The summed E-state index contributed by atoms with van der Waals surface area (Å²) in [5.41, 5.74) is 11.6. The predicted molar refractivity (Wildman–Crippen MR) is 53.3 cm³/mol. The molecule has 0 aromatic carbocycles. The molecule has 0 aromatic heterocycles. The number of aliphatic hydroxyl groups is 1. The van der Waals surface area contributed by atoms with Crippen molar-refractivity contribution in [1.82, 2.24) is 4.90 Å². The minimum Gasteiger partial charge on any atom is -0.395 e. The summed E-state index contributed by atoms with van der Waals surface area (Å²) < 4.78 is 0. The minimum absolute atomic E-state index is 0.00644. The van der Waals surface area contributed by atoms with E-state index in [1.807, 2.05) is 0 Å². The maximum atomic E-state index is 8.87. The van der Waals surface area contributed by atoms with Crippen LogP contribution in [0.2, 0.25) is 0 Å². The molecule has 0 amide bonds. The van der Waals surface area contributed by atoms with Crippen LogP contribution in [-0.2, 0) is 0 Å². The number of aliphatic hydroxyl groups excluding tert-OH is 1. The van der Waals surface area contributed by atoms with Gasteiger partial charge < -0.3 is 21.5 Å². The monoisotopic (exact) mass is 187 g/mol. The first-order valence-corrected chi connectivity index (χ1v) is 4.95. The van der Waals surface area contributed by atoms with E-state index in [2.05, 4.69) is 11.9 Å². The van der Waals surface area contributed by atoms with Crippen molar-refractivity contribution in [2.45, 2.75) is 24.9 Å². The van der Waals surface area contributed by atoms with Crippen molar-refractivity contribution in [3.05, 3.63) is 0 Å². The van der Waals surface area contributed by atoms with E-state index in [0.717, 1.165) is 25.9 Å². The molecule has 0 spiro atoms. The van der Waals surface area contributed by atoms with Gasteiger partial charge in [0, 0.05) is 12.1 Å². The Kier molecular flexibility index (Phi) is 4.12. The van der Waals surface area contributed by atoms with E-state index in [4.69, 9.17) is 16.6 Å². The summed E-state index contributed by atoms with van der Waals surface area (Å²) >= 11 is 0. The van der Waals surface area contributed by atoms with Crippen LogP contribution < -0.4 is 11.5 Å². The van der Waals surface area contributed by atoms with Crippen LogP contribution in [0, 0.1) is 5.92 Å². The van der Waals surface area contributed by atoms with E-state index in [9.17, 15) is 0 Å². The molecule has 0 radical (unpaired) electrons. The van der Waals surface area contributed by atoms with E-state index < -0.39 is 0 Å². The molecule has 2 atom stereocenters. The zero-order chi connectivity index (χ0) is 9.84. The van der Waals surface area contributed by atoms with Crippen molar-refractivity contribution in [1.29, 1.82) is 0 Å². The van der Waals surface area contributed by atoms with Crippen LogP contribution >= 0.6 is 0 Å². The Morgan fingerprint density at radius 3 is 2.38 bits per heavy atom. The van der Waals surface area contributed by atoms with Crippen LogP contribution in [0.4, 0.5) is 0 Å². The molecule has 0 aliphatic carbocycles. The highest BCUT2D eigenvalue weighted by Crippen LogP contribution is 2.19. The van der Waals surface area contributed by atoms with Gasteiger partial charge in [0.25, 0.3) is 0 Å². The molecule has 1 fully saturated rings. The number of rotatable bonds is 3. The summed E-state index contributed by atoms with van der Waals surface area (Å²) in [7, 11) is 2.12. The van der Waals surface area contributed by atoms with Gasteiger partial charge in [-0.15, -0.1) is 0 Å². The van der Waals surface area contributed by atoms with Gasteiger partial charge in [-0.05, 0) is 38.9 Å². The van der Waals surface area contributed by atoms with Gasteiger partial charge in [-0.25, -0.2) is 0 Å². The van der Waals surface area contributed by atoms with Gasteiger partial charge in [0.15, 0.2) is 0 Å². The van der Waals surface area contributed by atoms with E-state index >= 15 is 0 Å². The van der Waals surface area contributed by atoms with E-state index in [1.54, 1.807) is 0 Å². The van der Waals surface area contributed by atoms with E-state index in [1.165, 1.54) is 0 Å². The highest BCUT2D eigenvalue weighted by Gasteiger charge is 2.26. The number of nitrogens with zero attached hydrogens (tertiary/aromatic N) is 1. The Bertz CT molecular complexity index is 146. The average Bonchev–Trinajstić information content (AvgIpc) is 2.17. The molecule has 4 heteroatoms. The number of nitrogens with two attached hydrogens (primary N) is 2. The number of likely N-dealkylation sites (tertiary alicyclic amines) is 1. The largest absolute Gasteiger partial charge is 0.395 e. The summed E-state index contributed by atoms with van der Waals surface area (Å²) in [6.07, 6.45) is 2.21. The van der Waals surface area contributed by atoms with Crippen molar-refractivity contribution in [2.24, 2.45) is 17.4 Å². The van der Waals surface area contributed by atoms with Gasteiger partial charge in [0.1, 0.15) is 0 Å². The number of piperidine rings is 1. The van der Waals surface area contributed by atoms with Gasteiger partial charge in [-0.2, -0.15) is 0 Å². The topological polar surface area (TPSA) is 75.5 Å². The summed E-state index contributed by atoms with van der Waals surface area (Å²) in [5.74, 6) is 0.485. The molecule has 1 aliphatic rings. The lowest BCUT2D eigenvalue weighted by Crippen LogP contribution is -2.51. The molecule has 5 N–H and O–H groups in total. The van der Waals surface area contributed by atoms with Crippen LogP contribution in [-0.4, -0.2) is 48.8 Å². The van der Waals surface area contributed by atoms with E-state index in [-0.39, 0.29) is 18.7 Å². The van der Waals surface area contributed by atoms with Crippen molar-refractivity contribution in [3.8, 4) is 0 Å². The molecular weight excluding hydrogens is 166 g/mol. The van der Waals surface area contributed by atoms with Gasteiger partial charge in [0.2, 0.25) is 0 Å². The SMILES string of the molecule is CN1CCC(C(N)C(N)CO)CC1. The third-order valence-electron chi connectivity index (χ3n) is 3.01. The molecule has 1 rings (SSSR count). The fourth-order valence-electron chi connectivity index (χ4n) is 1.88. The Hall–Kier alpha value is -0.160. The molecule has 0 saturated carbocycles. The number of hydrogen-bond donors (Lipinski definition) is 3. The minimum atomic E-state index is -0.256. The summed E-state index contributed by atoms with van der Waals surface area (Å²) in [6.45, 7) is 2.18. The smallest absolute Gasteiger partial charge is 0.0597 e. The van der Waals surface area contributed by atoms with Gasteiger partial charge in [-0.1, -0.05) is 0 Å². The fraction of sp³-hybridized carbons (Fsp3) is 1.00. The highest BCUT2D eigenvalue weighted by molar-refractivity contribution is 4.85. The molecule has 1 saturated heterocycles. The first-order valence-electron chi connectivity index (χ1n) is 4.95. The van der Waals surface area contributed by atoms with Gasteiger partial charge >= 0.3 is 0 Å². The second-order valence-electron chi connectivity index (χ2n) is 4.06. The predicted octanol–water partition coefficient (Wildman–Crippen LogP) is -1.02. The first-order chi connectivity index (χ1) is 6.15. The molecule has 13 heavy (non-hydrogen) atoms. The number of hydrogen-bond acceptors (Lipinski definition) is 4. The van der Waals surface area contributed by atoms with Crippen LogP contribution in [0.5, 0.6) is 0 Å². The van der Waals surface area contributed by atoms with Crippen molar-refractivity contribution in [2.75, 3.05) is 26.7 Å². The third-order valence-corrected chi connectivity index (χ3v) is 3.01. The first kappa shape index (κ1) is 10.9. The Morgan fingerprint density at radius 1 is 1.38 bits per heavy atom. The summed E-state index contributed by atoms with van der Waals surface area (Å²) in [6, 6.07) is -0.299. The lowest BCUT2D eigenvalue weighted by Gasteiger charge is -2.34. The lowest BCUT2D eigenvalue weighted by atomic mass is 9.86. The lowest BCUT2D eigenvalue weighted by molar-refractivity contribution is 0.165. The molecule has 2 unspecified atom stereocenters. The van der Waals surface area contributed by atoms with Crippen LogP contribution in [0.3, 0.4) is 0 Å². The second-order valence-corrected chi connectivity index (χ2v) is 4.06. The zero-order valence-electron chi connectivity index (χ0n) is 8.32. The maximum absolute atomic E-state index is 8.87. The van der Waals surface area contributed by atoms with E-state index in [0.29, 0.717) is 5.92 Å². The van der Waals surface area contributed by atoms with Gasteiger partial charge in [-0.3, -0.25) is 0 Å². The van der Waals surface area contributed by atoms with Crippen molar-refractivity contribution in [3.63, 3.8) is 0 Å². The van der Waals surface area contributed by atoms with Crippen LogP contribution in [0.25, 0.3) is 0 Å². The molecule has 0 bridgehead atoms. The highest BCUT2D eigenvalue weighted by atomic mass is 16.3. The average molecular weight is 187 g/mol. The van der Waals surface area contributed by atoms with Crippen molar-refractivity contribution < 1.29 is 5.11 Å². The third kappa shape index (κ3) is 2.91. The molecule has 1 heterocycles. The summed E-state index contributed by atoms with van der Waals surface area (Å²) in [5, 5.41) is 8.87. The second kappa shape index (κ2) is 4.91. The quantitative estimate of drug-likeness (QED) is 0.528. The van der Waals surface area contributed by atoms with Crippen LogP contribution in [0.15, 0.2) is 0 Å².